The number of hydrogen-bond acceptors (Lipinski definition) is 6. The first-order valence-electron chi connectivity index (χ1n) is 7.36. The number of β-amino-alcohol motifs (C(OH)–C–C–N with tert-alkyl or cyclic N) is 1. The molecule has 1 fully saturated rings. The van der Waals surface area contributed by atoms with Gasteiger partial charge in [-0.1, -0.05) is 0 Å². The van der Waals surface area contributed by atoms with Gasteiger partial charge in [-0.3, -0.25) is 4.90 Å². The molecule has 0 spiro atoms. The van der Waals surface area contributed by atoms with E-state index in [4.69, 9.17) is 10.8 Å². The fourth-order valence-corrected chi connectivity index (χ4v) is 2.86. The second kappa shape index (κ2) is 6.24. The number of nitrogens with zero attached hydrogens (tertiary/aromatic N) is 4. The van der Waals surface area contributed by atoms with Gasteiger partial charge >= 0.3 is 0 Å². The van der Waals surface area contributed by atoms with Gasteiger partial charge in [-0.15, -0.1) is 0 Å². The molecule has 21 heavy (non-hydrogen) atoms. The molecule has 0 atom stereocenters. The number of aliphatic hydroxyl groups excluding tert-OH is 1. The molecule has 6 heteroatoms. The van der Waals surface area contributed by atoms with Crippen LogP contribution in [-0.4, -0.2) is 59.3 Å². The van der Waals surface area contributed by atoms with E-state index in [1.165, 1.54) is 0 Å². The second-order valence-electron chi connectivity index (χ2n) is 5.38. The van der Waals surface area contributed by atoms with Crippen molar-refractivity contribution in [2.75, 3.05) is 50.0 Å². The highest BCUT2D eigenvalue weighted by atomic mass is 16.3. The van der Waals surface area contributed by atoms with E-state index in [0.29, 0.717) is 0 Å². The maximum absolute atomic E-state index is 9.08. The van der Waals surface area contributed by atoms with Crippen molar-refractivity contribution in [2.45, 2.75) is 6.42 Å². The van der Waals surface area contributed by atoms with E-state index in [1.807, 2.05) is 18.2 Å². The molecular formula is C15H21N5O. The van der Waals surface area contributed by atoms with Gasteiger partial charge in [0.1, 0.15) is 12.1 Å². The third-order valence-electron chi connectivity index (χ3n) is 3.94. The van der Waals surface area contributed by atoms with Crippen molar-refractivity contribution in [3.8, 4) is 0 Å². The lowest BCUT2D eigenvalue weighted by Gasteiger charge is -2.23. The van der Waals surface area contributed by atoms with Crippen molar-refractivity contribution < 1.29 is 5.11 Å². The van der Waals surface area contributed by atoms with Crippen LogP contribution in [0.3, 0.4) is 0 Å². The van der Waals surface area contributed by atoms with Gasteiger partial charge in [0.05, 0.1) is 12.1 Å². The number of nitrogen functional groups attached to an aromatic ring is 1. The van der Waals surface area contributed by atoms with E-state index in [1.54, 1.807) is 6.33 Å². The van der Waals surface area contributed by atoms with Crippen molar-refractivity contribution in [2.24, 2.45) is 0 Å². The lowest BCUT2D eigenvalue weighted by molar-refractivity contribution is 0.204. The van der Waals surface area contributed by atoms with Crippen LogP contribution in [0.15, 0.2) is 24.5 Å². The zero-order chi connectivity index (χ0) is 14.7. The Morgan fingerprint density at radius 1 is 1.14 bits per heavy atom. The van der Waals surface area contributed by atoms with E-state index in [9.17, 15) is 0 Å². The number of hydrogen-bond donors (Lipinski definition) is 2. The van der Waals surface area contributed by atoms with Gasteiger partial charge in [-0.2, -0.15) is 0 Å². The monoisotopic (exact) mass is 287 g/mol. The van der Waals surface area contributed by atoms with Gasteiger partial charge in [-0.05, 0) is 31.2 Å². The average Bonchev–Trinajstić information content (AvgIpc) is 2.73. The molecule has 0 saturated carbocycles. The van der Waals surface area contributed by atoms with Crippen LogP contribution in [0.2, 0.25) is 0 Å². The number of fused-ring (bicyclic) bond motifs is 1. The molecule has 1 aliphatic rings. The SMILES string of the molecule is Nc1ccc2ncnc(N3CCCN(CCO)CC3)c2c1. The maximum Gasteiger partial charge on any atom is 0.139 e. The minimum Gasteiger partial charge on any atom is -0.399 e. The zero-order valence-corrected chi connectivity index (χ0v) is 12.1. The van der Waals surface area contributed by atoms with Gasteiger partial charge in [0.15, 0.2) is 0 Å². The molecular weight excluding hydrogens is 266 g/mol. The molecule has 2 aromatic rings. The van der Waals surface area contributed by atoms with Crippen molar-refractivity contribution in [3.63, 3.8) is 0 Å². The van der Waals surface area contributed by atoms with Crippen molar-refractivity contribution in [3.05, 3.63) is 24.5 Å². The fraction of sp³-hybridized carbons (Fsp3) is 0.467. The molecule has 1 aromatic heterocycles. The van der Waals surface area contributed by atoms with E-state index in [2.05, 4.69) is 19.8 Å². The van der Waals surface area contributed by atoms with Gasteiger partial charge in [0.25, 0.3) is 0 Å². The summed E-state index contributed by atoms with van der Waals surface area (Å²) in [6.07, 6.45) is 2.68. The number of benzene rings is 1. The van der Waals surface area contributed by atoms with E-state index < -0.39 is 0 Å². The van der Waals surface area contributed by atoms with Crippen LogP contribution in [0.5, 0.6) is 0 Å². The molecule has 3 N–H and O–H groups in total. The molecule has 1 aromatic carbocycles. The summed E-state index contributed by atoms with van der Waals surface area (Å²) in [5.74, 6) is 0.957. The highest BCUT2D eigenvalue weighted by Crippen LogP contribution is 2.25. The molecule has 0 bridgehead atoms. The van der Waals surface area contributed by atoms with E-state index in [0.717, 1.165) is 61.6 Å². The Balaban J connectivity index is 1.88. The summed E-state index contributed by atoms with van der Waals surface area (Å²) in [5.41, 5.74) is 7.56. The summed E-state index contributed by atoms with van der Waals surface area (Å²) in [5, 5.41) is 10.1. The fourth-order valence-electron chi connectivity index (χ4n) is 2.86. The largest absolute Gasteiger partial charge is 0.399 e. The molecule has 3 rings (SSSR count). The first-order chi connectivity index (χ1) is 10.3. The average molecular weight is 287 g/mol. The van der Waals surface area contributed by atoms with Gasteiger partial charge < -0.3 is 15.7 Å². The van der Waals surface area contributed by atoms with Crippen LogP contribution in [0.1, 0.15) is 6.42 Å². The quantitative estimate of drug-likeness (QED) is 0.810. The number of aromatic nitrogens is 2. The molecule has 0 aliphatic carbocycles. The highest BCUT2D eigenvalue weighted by Gasteiger charge is 2.17. The smallest absolute Gasteiger partial charge is 0.139 e. The predicted octanol–water partition coefficient (Wildman–Crippen LogP) is 0.716. The Hall–Kier alpha value is -1.92. The molecule has 0 radical (unpaired) electrons. The number of anilines is 2. The van der Waals surface area contributed by atoms with E-state index in [-0.39, 0.29) is 6.61 Å². The number of aliphatic hydroxyl groups is 1. The summed E-state index contributed by atoms with van der Waals surface area (Å²) in [6, 6.07) is 5.75. The Kier molecular flexibility index (Phi) is 4.17. The van der Waals surface area contributed by atoms with Crippen molar-refractivity contribution >= 4 is 22.4 Å². The molecule has 2 heterocycles. The molecule has 0 unspecified atom stereocenters. The second-order valence-corrected chi connectivity index (χ2v) is 5.38. The van der Waals surface area contributed by atoms with Crippen LogP contribution in [0.4, 0.5) is 11.5 Å². The Morgan fingerprint density at radius 3 is 2.90 bits per heavy atom. The Bertz CT molecular complexity index is 618. The Labute approximate surface area is 124 Å². The third-order valence-corrected chi connectivity index (χ3v) is 3.94. The number of nitrogens with two attached hydrogens (primary N) is 1. The lowest BCUT2D eigenvalue weighted by atomic mass is 10.2. The topological polar surface area (TPSA) is 78.5 Å². The van der Waals surface area contributed by atoms with Gasteiger partial charge in [-0.25, -0.2) is 9.97 Å². The van der Waals surface area contributed by atoms with Crippen molar-refractivity contribution in [1.29, 1.82) is 0 Å². The van der Waals surface area contributed by atoms with Gasteiger partial charge in [0.2, 0.25) is 0 Å². The van der Waals surface area contributed by atoms with Crippen LogP contribution in [-0.2, 0) is 0 Å². The van der Waals surface area contributed by atoms with E-state index >= 15 is 0 Å². The summed E-state index contributed by atoms with van der Waals surface area (Å²) >= 11 is 0. The molecule has 6 nitrogen and oxygen atoms in total. The molecule has 1 saturated heterocycles. The molecule has 1 aliphatic heterocycles. The summed E-state index contributed by atoms with van der Waals surface area (Å²) in [6.45, 7) is 4.78. The van der Waals surface area contributed by atoms with Crippen LogP contribution in [0.25, 0.3) is 10.9 Å². The molecule has 0 amide bonds. The standard InChI is InChI=1S/C15H21N5O/c16-12-2-3-14-13(10-12)15(18-11-17-14)20-5-1-4-19(6-7-20)8-9-21/h2-3,10-11,21H,1,4-9,16H2. The maximum atomic E-state index is 9.08. The highest BCUT2D eigenvalue weighted by molar-refractivity contribution is 5.91. The number of rotatable bonds is 3. The normalized spacial score (nSPS) is 17.1. The first kappa shape index (κ1) is 14.0. The summed E-state index contributed by atoms with van der Waals surface area (Å²) < 4.78 is 0. The van der Waals surface area contributed by atoms with Gasteiger partial charge in [0, 0.05) is 37.3 Å². The van der Waals surface area contributed by atoms with Crippen molar-refractivity contribution in [1.82, 2.24) is 14.9 Å². The summed E-state index contributed by atoms with van der Waals surface area (Å²) in [7, 11) is 0. The minimum absolute atomic E-state index is 0.215. The zero-order valence-electron chi connectivity index (χ0n) is 12.1. The lowest BCUT2D eigenvalue weighted by Crippen LogP contribution is -2.32. The molecule has 112 valence electrons. The van der Waals surface area contributed by atoms with Crippen LogP contribution in [0, 0.1) is 0 Å². The predicted molar refractivity (Wildman–Crippen MR) is 84.3 cm³/mol. The third kappa shape index (κ3) is 3.06. The Morgan fingerprint density at radius 2 is 2.05 bits per heavy atom. The van der Waals surface area contributed by atoms with Crippen LogP contribution >= 0.6 is 0 Å². The van der Waals surface area contributed by atoms with Crippen LogP contribution < -0.4 is 10.6 Å². The first-order valence-corrected chi connectivity index (χ1v) is 7.36. The summed E-state index contributed by atoms with van der Waals surface area (Å²) in [4.78, 5) is 13.4. The minimum atomic E-state index is 0.215.